The average Bonchev–Trinajstić information content (AvgIpc) is 2.48. The van der Waals surface area contributed by atoms with Gasteiger partial charge in [-0.1, -0.05) is 6.42 Å². The molecule has 0 bridgehead atoms. The van der Waals surface area contributed by atoms with Crippen LogP contribution in [0.4, 0.5) is 13.2 Å². The summed E-state index contributed by atoms with van der Waals surface area (Å²) in [5.41, 5.74) is 0. The predicted octanol–water partition coefficient (Wildman–Crippen LogP) is 1.52. The van der Waals surface area contributed by atoms with Gasteiger partial charge < -0.3 is 9.90 Å². The lowest BCUT2D eigenvalue weighted by Gasteiger charge is -2.23. The molecule has 0 radical (unpaired) electrons. The molecule has 1 aliphatic rings. The molecule has 5 heteroatoms. The quantitative estimate of drug-likeness (QED) is 0.680. The third-order valence-corrected chi connectivity index (χ3v) is 2.54. The minimum Gasteiger partial charge on any atom is -0.383 e. The van der Waals surface area contributed by atoms with Crippen LogP contribution in [0.3, 0.4) is 0 Å². The molecule has 1 fully saturated rings. The third-order valence-electron chi connectivity index (χ3n) is 2.54. The van der Waals surface area contributed by atoms with Crippen molar-refractivity contribution >= 4 is 6.29 Å². The van der Waals surface area contributed by atoms with Crippen molar-refractivity contribution in [2.75, 3.05) is 0 Å². The van der Waals surface area contributed by atoms with E-state index >= 15 is 0 Å². The van der Waals surface area contributed by atoms with Crippen molar-refractivity contribution in [3.8, 4) is 0 Å². The van der Waals surface area contributed by atoms with Crippen LogP contribution in [0, 0.1) is 11.8 Å². The summed E-state index contributed by atoms with van der Waals surface area (Å²) in [6.07, 6.45) is -5.10. The lowest BCUT2D eigenvalue weighted by atomic mass is 9.91. The minimum absolute atomic E-state index is 0.282. The van der Waals surface area contributed by atoms with Crippen molar-refractivity contribution < 1.29 is 23.1 Å². The normalized spacial score (nSPS) is 31.7. The summed E-state index contributed by atoms with van der Waals surface area (Å²) in [6.45, 7) is 0. The van der Waals surface area contributed by atoms with E-state index in [1.54, 1.807) is 0 Å². The van der Waals surface area contributed by atoms with E-state index in [9.17, 15) is 18.0 Å². The van der Waals surface area contributed by atoms with Gasteiger partial charge in [0.1, 0.15) is 6.29 Å². The van der Waals surface area contributed by atoms with Gasteiger partial charge in [0.05, 0.1) is 0 Å². The lowest BCUT2D eigenvalue weighted by molar-refractivity contribution is -0.221. The molecule has 0 aromatic rings. The highest BCUT2D eigenvalue weighted by atomic mass is 19.4. The SMILES string of the molecule is O=CC1CCCC1C(O)C(F)(F)F. The van der Waals surface area contributed by atoms with Crippen molar-refractivity contribution in [2.45, 2.75) is 31.5 Å². The van der Waals surface area contributed by atoms with Crippen LogP contribution >= 0.6 is 0 Å². The second-order valence-corrected chi connectivity index (χ2v) is 3.38. The summed E-state index contributed by atoms with van der Waals surface area (Å²) < 4.78 is 36.1. The van der Waals surface area contributed by atoms with Gasteiger partial charge in [-0.3, -0.25) is 0 Å². The van der Waals surface area contributed by atoms with E-state index in [4.69, 9.17) is 5.11 Å². The second kappa shape index (κ2) is 3.65. The van der Waals surface area contributed by atoms with Crippen LogP contribution in [-0.2, 0) is 4.79 Å². The molecule has 2 nitrogen and oxygen atoms in total. The van der Waals surface area contributed by atoms with E-state index in [1.807, 2.05) is 0 Å². The number of aliphatic hydroxyl groups excluding tert-OH is 1. The number of carbonyl (C=O) groups is 1. The molecular weight excluding hydrogens is 185 g/mol. The van der Waals surface area contributed by atoms with Crippen LogP contribution in [0.5, 0.6) is 0 Å². The Labute approximate surface area is 73.7 Å². The minimum atomic E-state index is -4.60. The Balaban J connectivity index is 2.65. The molecule has 0 spiro atoms. The molecule has 1 aliphatic carbocycles. The first kappa shape index (κ1) is 10.5. The highest BCUT2D eigenvalue weighted by Crippen LogP contribution is 2.38. The number of aldehydes is 1. The standard InChI is InChI=1S/C8H11F3O2/c9-8(10,11)7(13)6-3-1-2-5(6)4-12/h4-7,13H,1-3H2. The van der Waals surface area contributed by atoms with Gasteiger partial charge in [-0.05, 0) is 12.8 Å². The van der Waals surface area contributed by atoms with E-state index < -0.39 is 24.1 Å². The van der Waals surface area contributed by atoms with E-state index in [1.165, 1.54) is 0 Å². The van der Waals surface area contributed by atoms with Crippen molar-refractivity contribution in [3.63, 3.8) is 0 Å². The van der Waals surface area contributed by atoms with Gasteiger partial charge in [-0.2, -0.15) is 13.2 Å². The van der Waals surface area contributed by atoms with Crippen molar-refractivity contribution in [2.24, 2.45) is 11.8 Å². The number of rotatable bonds is 2. The topological polar surface area (TPSA) is 37.3 Å². The molecule has 76 valence electrons. The van der Waals surface area contributed by atoms with Gasteiger partial charge in [0, 0.05) is 11.8 Å². The Kier molecular flexibility index (Phi) is 2.95. The molecule has 0 saturated heterocycles. The fraction of sp³-hybridized carbons (Fsp3) is 0.875. The first-order valence-corrected chi connectivity index (χ1v) is 4.17. The Morgan fingerprint density at radius 1 is 1.38 bits per heavy atom. The number of hydrogen-bond acceptors (Lipinski definition) is 2. The zero-order chi connectivity index (χ0) is 10.1. The van der Waals surface area contributed by atoms with Gasteiger partial charge in [-0.25, -0.2) is 0 Å². The van der Waals surface area contributed by atoms with E-state index in [0.29, 0.717) is 19.1 Å². The summed E-state index contributed by atoms with van der Waals surface area (Å²) >= 11 is 0. The summed E-state index contributed by atoms with van der Waals surface area (Å²) in [5, 5.41) is 8.90. The molecule has 1 saturated carbocycles. The molecule has 0 amide bonds. The first-order valence-electron chi connectivity index (χ1n) is 4.17. The van der Waals surface area contributed by atoms with Gasteiger partial charge in [0.2, 0.25) is 0 Å². The van der Waals surface area contributed by atoms with Gasteiger partial charge in [0.25, 0.3) is 0 Å². The molecule has 0 aromatic heterocycles. The van der Waals surface area contributed by atoms with Crippen molar-refractivity contribution in [1.29, 1.82) is 0 Å². The predicted molar refractivity (Wildman–Crippen MR) is 39.0 cm³/mol. The first-order chi connectivity index (χ1) is 5.96. The van der Waals surface area contributed by atoms with Crippen LogP contribution in [0.1, 0.15) is 19.3 Å². The Morgan fingerprint density at radius 3 is 2.46 bits per heavy atom. The molecule has 0 aliphatic heterocycles. The fourth-order valence-electron chi connectivity index (χ4n) is 1.82. The maximum Gasteiger partial charge on any atom is 0.414 e. The largest absolute Gasteiger partial charge is 0.414 e. The van der Waals surface area contributed by atoms with Gasteiger partial charge in [-0.15, -0.1) is 0 Å². The number of carbonyl (C=O) groups excluding carboxylic acids is 1. The summed E-state index contributed by atoms with van der Waals surface area (Å²) in [4.78, 5) is 10.4. The maximum atomic E-state index is 12.0. The number of halogens is 3. The number of hydrogen-bond donors (Lipinski definition) is 1. The molecule has 3 unspecified atom stereocenters. The smallest absolute Gasteiger partial charge is 0.383 e. The zero-order valence-electron chi connectivity index (χ0n) is 6.92. The third kappa shape index (κ3) is 2.21. The summed E-state index contributed by atoms with van der Waals surface area (Å²) in [6, 6.07) is 0. The molecule has 0 heterocycles. The summed E-state index contributed by atoms with van der Waals surface area (Å²) in [5.74, 6) is -1.56. The highest BCUT2D eigenvalue weighted by Gasteiger charge is 2.47. The molecule has 1 rings (SSSR count). The Hall–Kier alpha value is -0.580. The second-order valence-electron chi connectivity index (χ2n) is 3.38. The molecule has 0 aromatic carbocycles. The van der Waals surface area contributed by atoms with Crippen molar-refractivity contribution in [3.05, 3.63) is 0 Å². The van der Waals surface area contributed by atoms with Crippen LogP contribution in [0.15, 0.2) is 0 Å². The molecule has 1 N–H and O–H groups in total. The van der Waals surface area contributed by atoms with Crippen LogP contribution < -0.4 is 0 Å². The van der Waals surface area contributed by atoms with Crippen LogP contribution in [-0.4, -0.2) is 23.7 Å². The molecule has 3 atom stereocenters. The zero-order valence-corrected chi connectivity index (χ0v) is 6.92. The van der Waals surface area contributed by atoms with Crippen molar-refractivity contribution in [1.82, 2.24) is 0 Å². The number of alkyl halides is 3. The fourth-order valence-corrected chi connectivity index (χ4v) is 1.82. The highest BCUT2D eigenvalue weighted by molar-refractivity contribution is 5.54. The molecule has 13 heavy (non-hydrogen) atoms. The van der Waals surface area contributed by atoms with Gasteiger partial charge in [0.15, 0.2) is 6.10 Å². The van der Waals surface area contributed by atoms with E-state index in [-0.39, 0.29) is 6.42 Å². The van der Waals surface area contributed by atoms with E-state index in [2.05, 4.69) is 0 Å². The lowest BCUT2D eigenvalue weighted by Crippen LogP contribution is -2.38. The molecular formula is C8H11F3O2. The Morgan fingerprint density at radius 2 is 2.00 bits per heavy atom. The Bertz CT molecular complexity index is 190. The van der Waals surface area contributed by atoms with E-state index in [0.717, 1.165) is 0 Å². The number of aliphatic hydroxyl groups is 1. The van der Waals surface area contributed by atoms with Crippen LogP contribution in [0.25, 0.3) is 0 Å². The maximum absolute atomic E-state index is 12.0. The average molecular weight is 196 g/mol. The van der Waals surface area contributed by atoms with Crippen LogP contribution in [0.2, 0.25) is 0 Å². The summed E-state index contributed by atoms with van der Waals surface area (Å²) in [7, 11) is 0. The monoisotopic (exact) mass is 196 g/mol. The van der Waals surface area contributed by atoms with Gasteiger partial charge >= 0.3 is 6.18 Å².